The summed E-state index contributed by atoms with van der Waals surface area (Å²) in [7, 11) is 0. The second kappa shape index (κ2) is 5.96. The third-order valence-electron chi connectivity index (χ3n) is 4.48. The molecule has 3 N–H and O–H groups in total. The normalized spacial score (nSPS) is 21.4. The molecule has 1 aliphatic rings. The fraction of sp³-hybridized carbons (Fsp3) is 0.353. The molecule has 1 saturated carbocycles. The van der Waals surface area contributed by atoms with Crippen molar-refractivity contribution in [2.45, 2.75) is 37.8 Å². The van der Waals surface area contributed by atoms with Crippen LogP contribution in [0.4, 0.5) is 5.82 Å². The van der Waals surface area contributed by atoms with Gasteiger partial charge in [0.2, 0.25) is 0 Å². The molecule has 1 fully saturated rings. The smallest absolute Gasteiger partial charge is 0.168 e. The number of rotatable bonds is 3. The molecule has 0 atom stereocenters. The van der Waals surface area contributed by atoms with E-state index in [4.69, 9.17) is 5.73 Å². The number of nitrogens with zero attached hydrogens (tertiary/aromatic N) is 4. The van der Waals surface area contributed by atoms with Gasteiger partial charge in [0.05, 0.1) is 17.3 Å². The van der Waals surface area contributed by atoms with Crippen LogP contribution in [0.5, 0.6) is 0 Å². The highest BCUT2D eigenvalue weighted by Gasteiger charge is 2.20. The van der Waals surface area contributed by atoms with Crippen LogP contribution in [0.1, 0.15) is 25.7 Å². The predicted molar refractivity (Wildman–Crippen MR) is 90.5 cm³/mol. The highest BCUT2D eigenvalue weighted by molar-refractivity contribution is 5.87. The molecule has 4 rings (SSSR count). The first kappa shape index (κ1) is 14.1. The third-order valence-corrected chi connectivity index (χ3v) is 4.48. The minimum Gasteiger partial charge on any atom is -0.367 e. The maximum absolute atomic E-state index is 5.98. The van der Waals surface area contributed by atoms with E-state index in [1.807, 2.05) is 41.2 Å². The van der Waals surface area contributed by atoms with Crippen molar-refractivity contribution in [3.8, 4) is 5.69 Å². The van der Waals surface area contributed by atoms with E-state index < -0.39 is 0 Å². The molecule has 0 amide bonds. The number of benzene rings is 1. The van der Waals surface area contributed by atoms with Gasteiger partial charge in [-0.05, 0) is 37.8 Å². The molecule has 0 bridgehead atoms. The summed E-state index contributed by atoms with van der Waals surface area (Å²) in [6, 6.07) is 10.8. The SMILES string of the molecule is NC1CCC(Nc2ncnc3c2cnn3-c2ccccc2)CC1. The van der Waals surface area contributed by atoms with Crippen molar-refractivity contribution in [1.29, 1.82) is 0 Å². The molecule has 0 aliphatic heterocycles. The van der Waals surface area contributed by atoms with Gasteiger partial charge in [-0.25, -0.2) is 14.6 Å². The summed E-state index contributed by atoms with van der Waals surface area (Å²) < 4.78 is 1.85. The number of hydrogen-bond acceptors (Lipinski definition) is 5. The first-order valence-electron chi connectivity index (χ1n) is 8.07. The van der Waals surface area contributed by atoms with E-state index in [-0.39, 0.29) is 0 Å². The molecule has 3 aromatic rings. The van der Waals surface area contributed by atoms with Gasteiger partial charge in [0, 0.05) is 12.1 Å². The van der Waals surface area contributed by atoms with Crippen molar-refractivity contribution >= 4 is 16.9 Å². The lowest BCUT2D eigenvalue weighted by molar-refractivity contribution is 0.410. The molecule has 0 radical (unpaired) electrons. The summed E-state index contributed by atoms with van der Waals surface area (Å²) in [5.41, 5.74) is 7.80. The van der Waals surface area contributed by atoms with Gasteiger partial charge < -0.3 is 11.1 Å². The summed E-state index contributed by atoms with van der Waals surface area (Å²) in [6.07, 6.45) is 7.73. The minimum absolute atomic E-state index is 0.347. The summed E-state index contributed by atoms with van der Waals surface area (Å²) in [6.45, 7) is 0. The Morgan fingerprint density at radius 2 is 1.83 bits per heavy atom. The fourth-order valence-electron chi connectivity index (χ4n) is 3.17. The molecule has 1 aromatic carbocycles. The molecule has 6 heteroatoms. The van der Waals surface area contributed by atoms with E-state index in [9.17, 15) is 0 Å². The first-order chi connectivity index (χ1) is 11.3. The number of nitrogens with two attached hydrogens (primary N) is 1. The van der Waals surface area contributed by atoms with Crippen LogP contribution in [0.25, 0.3) is 16.7 Å². The molecule has 6 nitrogen and oxygen atoms in total. The van der Waals surface area contributed by atoms with Gasteiger partial charge >= 0.3 is 0 Å². The Morgan fingerprint density at radius 3 is 2.61 bits per heavy atom. The van der Waals surface area contributed by atoms with Gasteiger partial charge in [0.1, 0.15) is 12.1 Å². The molecule has 2 aromatic heterocycles. The average molecular weight is 308 g/mol. The zero-order valence-electron chi connectivity index (χ0n) is 12.9. The lowest BCUT2D eigenvalue weighted by Gasteiger charge is -2.27. The Kier molecular flexibility index (Phi) is 3.67. The first-order valence-corrected chi connectivity index (χ1v) is 8.07. The van der Waals surface area contributed by atoms with Crippen LogP contribution in [0.2, 0.25) is 0 Å². The van der Waals surface area contributed by atoms with Crippen molar-refractivity contribution in [3.05, 3.63) is 42.9 Å². The topological polar surface area (TPSA) is 81.7 Å². The Morgan fingerprint density at radius 1 is 1.04 bits per heavy atom. The van der Waals surface area contributed by atoms with Crippen LogP contribution in [-0.2, 0) is 0 Å². The van der Waals surface area contributed by atoms with Gasteiger partial charge in [0.15, 0.2) is 5.65 Å². The number of fused-ring (bicyclic) bond motifs is 1. The van der Waals surface area contributed by atoms with E-state index in [0.717, 1.165) is 48.2 Å². The average Bonchev–Trinajstić information content (AvgIpc) is 3.03. The lowest BCUT2D eigenvalue weighted by Crippen LogP contribution is -2.33. The van der Waals surface area contributed by atoms with Crippen molar-refractivity contribution < 1.29 is 0 Å². The Labute approximate surface area is 134 Å². The highest BCUT2D eigenvalue weighted by atomic mass is 15.3. The zero-order valence-corrected chi connectivity index (χ0v) is 12.9. The van der Waals surface area contributed by atoms with Crippen LogP contribution < -0.4 is 11.1 Å². The molecule has 0 spiro atoms. The molecule has 1 aliphatic carbocycles. The Balaban J connectivity index is 1.65. The van der Waals surface area contributed by atoms with Crippen LogP contribution >= 0.6 is 0 Å². The third kappa shape index (κ3) is 2.77. The Hall–Kier alpha value is -2.47. The highest BCUT2D eigenvalue weighted by Crippen LogP contribution is 2.25. The van der Waals surface area contributed by atoms with Gasteiger partial charge in [-0.3, -0.25) is 0 Å². The van der Waals surface area contributed by atoms with Gasteiger partial charge in [-0.2, -0.15) is 5.10 Å². The molecular formula is C17H20N6. The number of nitrogens with one attached hydrogen (secondary N) is 1. The maximum Gasteiger partial charge on any atom is 0.168 e. The lowest BCUT2D eigenvalue weighted by atomic mass is 9.92. The molecular weight excluding hydrogens is 288 g/mol. The molecule has 23 heavy (non-hydrogen) atoms. The maximum atomic E-state index is 5.98. The van der Waals surface area contributed by atoms with Crippen LogP contribution in [0, 0.1) is 0 Å². The summed E-state index contributed by atoms with van der Waals surface area (Å²) in [4.78, 5) is 8.83. The summed E-state index contributed by atoms with van der Waals surface area (Å²) >= 11 is 0. The van der Waals surface area contributed by atoms with E-state index in [2.05, 4.69) is 20.4 Å². The zero-order chi connectivity index (χ0) is 15.6. The number of aromatic nitrogens is 4. The quantitative estimate of drug-likeness (QED) is 0.777. The summed E-state index contributed by atoms with van der Waals surface area (Å²) in [5.74, 6) is 0.859. The van der Waals surface area contributed by atoms with Crippen molar-refractivity contribution in [2.24, 2.45) is 5.73 Å². The second-order valence-corrected chi connectivity index (χ2v) is 6.11. The second-order valence-electron chi connectivity index (χ2n) is 6.11. The van der Waals surface area contributed by atoms with Crippen molar-refractivity contribution in [2.75, 3.05) is 5.32 Å². The van der Waals surface area contributed by atoms with E-state index in [1.165, 1.54) is 0 Å². The van der Waals surface area contributed by atoms with E-state index in [1.54, 1.807) is 6.33 Å². The standard InChI is InChI=1S/C17H20N6/c18-12-6-8-13(9-7-12)22-16-15-10-21-23(17(15)20-11-19-16)14-4-2-1-3-5-14/h1-5,10-13H,6-9,18H2,(H,19,20,22). The number of anilines is 1. The van der Waals surface area contributed by atoms with E-state index >= 15 is 0 Å². The Bertz CT molecular complexity index is 789. The molecule has 118 valence electrons. The summed E-state index contributed by atoms with van der Waals surface area (Å²) in [5, 5.41) is 8.98. The van der Waals surface area contributed by atoms with Crippen LogP contribution in [0.15, 0.2) is 42.9 Å². The minimum atomic E-state index is 0.347. The monoisotopic (exact) mass is 308 g/mol. The van der Waals surface area contributed by atoms with Crippen LogP contribution in [0.3, 0.4) is 0 Å². The van der Waals surface area contributed by atoms with Gasteiger partial charge in [0.25, 0.3) is 0 Å². The molecule has 2 heterocycles. The predicted octanol–water partition coefficient (Wildman–Crippen LogP) is 2.50. The van der Waals surface area contributed by atoms with Crippen molar-refractivity contribution in [3.63, 3.8) is 0 Å². The fourth-order valence-corrected chi connectivity index (χ4v) is 3.17. The van der Waals surface area contributed by atoms with Crippen LogP contribution in [-0.4, -0.2) is 31.8 Å². The number of hydrogen-bond donors (Lipinski definition) is 2. The van der Waals surface area contributed by atoms with E-state index in [0.29, 0.717) is 12.1 Å². The molecule has 0 unspecified atom stereocenters. The van der Waals surface area contributed by atoms with Gasteiger partial charge in [-0.15, -0.1) is 0 Å². The van der Waals surface area contributed by atoms with Gasteiger partial charge in [-0.1, -0.05) is 18.2 Å². The largest absolute Gasteiger partial charge is 0.367 e. The molecule has 0 saturated heterocycles. The number of para-hydroxylation sites is 1. The van der Waals surface area contributed by atoms with Crippen molar-refractivity contribution in [1.82, 2.24) is 19.7 Å².